The van der Waals surface area contributed by atoms with Crippen LogP contribution in [0.1, 0.15) is 49.0 Å². The van der Waals surface area contributed by atoms with Crippen LogP contribution in [0.2, 0.25) is 0 Å². The van der Waals surface area contributed by atoms with Crippen molar-refractivity contribution in [2.75, 3.05) is 6.54 Å². The lowest BCUT2D eigenvalue weighted by Crippen LogP contribution is -2.24. The minimum absolute atomic E-state index is 0.0729. The van der Waals surface area contributed by atoms with Crippen LogP contribution < -0.4 is 5.32 Å². The average molecular weight is 261 g/mol. The molecule has 0 aromatic heterocycles. The Morgan fingerprint density at radius 2 is 1.79 bits per heavy atom. The molecule has 0 saturated carbocycles. The summed E-state index contributed by atoms with van der Waals surface area (Å²) in [6.07, 6.45) is 1.89. The van der Waals surface area contributed by atoms with Crippen LogP contribution in [0.5, 0.6) is 0 Å². The molecule has 0 saturated heterocycles. The Morgan fingerprint density at radius 3 is 2.37 bits per heavy atom. The summed E-state index contributed by atoms with van der Waals surface area (Å²) >= 11 is 0. The first-order chi connectivity index (χ1) is 8.99. The molecule has 1 aromatic rings. The molecule has 0 radical (unpaired) electrons. The highest BCUT2D eigenvalue weighted by molar-refractivity contribution is 5.94. The Bertz CT molecular complexity index is 421. The molecule has 104 valence electrons. The topological polar surface area (TPSA) is 46.2 Å². The van der Waals surface area contributed by atoms with Crippen LogP contribution in [0, 0.1) is 12.8 Å². The quantitative estimate of drug-likeness (QED) is 0.766. The highest BCUT2D eigenvalue weighted by Crippen LogP contribution is 2.05. The molecule has 1 N–H and O–H groups in total. The Morgan fingerprint density at radius 1 is 1.16 bits per heavy atom. The monoisotopic (exact) mass is 261 g/mol. The van der Waals surface area contributed by atoms with Gasteiger partial charge in [-0.1, -0.05) is 31.5 Å². The fourth-order valence-electron chi connectivity index (χ4n) is 1.85. The zero-order valence-corrected chi connectivity index (χ0v) is 12.0. The second-order valence-corrected chi connectivity index (χ2v) is 5.36. The van der Waals surface area contributed by atoms with E-state index in [-0.39, 0.29) is 11.7 Å². The highest BCUT2D eigenvalue weighted by Gasteiger charge is 2.06. The maximum atomic E-state index is 11.8. The summed E-state index contributed by atoms with van der Waals surface area (Å²) in [5.74, 6) is 0.616. The molecule has 0 atom stereocenters. The fraction of sp³-hybridized carbons (Fsp3) is 0.500. The molecule has 1 amide bonds. The van der Waals surface area contributed by atoms with Gasteiger partial charge in [-0.3, -0.25) is 9.59 Å². The number of amides is 1. The van der Waals surface area contributed by atoms with Gasteiger partial charge in [-0.25, -0.2) is 0 Å². The molecular weight excluding hydrogens is 238 g/mol. The molecule has 0 heterocycles. The zero-order valence-electron chi connectivity index (χ0n) is 12.0. The number of carbonyl (C=O) groups excluding carboxylic acids is 2. The summed E-state index contributed by atoms with van der Waals surface area (Å²) in [5, 5.41) is 2.84. The van der Waals surface area contributed by atoms with Crippen LogP contribution in [-0.4, -0.2) is 18.2 Å². The van der Waals surface area contributed by atoms with Crippen LogP contribution in [-0.2, 0) is 4.79 Å². The molecule has 0 unspecified atom stereocenters. The van der Waals surface area contributed by atoms with Gasteiger partial charge in [0.05, 0.1) is 0 Å². The van der Waals surface area contributed by atoms with Crippen molar-refractivity contribution in [2.24, 2.45) is 5.92 Å². The SMILES string of the molecule is Cc1ccc(C(=O)NCCCC(=O)CC(C)C)cc1. The van der Waals surface area contributed by atoms with Crippen LogP contribution in [0.3, 0.4) is 0 Å². The molecule has 0 aliphatic heterocycles. The van der Waals surface area contributed by atoms with Crippen molar-refractivity contribution in [1.29, 1.82) is 0 Å². The number of hydrogen-bond donors (Lipinski definition) is 1. The van der Waals surface area contributed by atoms with Gasteiger partial charge in [0.1, 0.15) is 5.78 Å². The molecule has 0 aliphatic rings. The number of rotatable bonds is 7. The molecule has 19 heavy (non-hydrogen) atoms. The summed E-state index contributed by atoms with van der Waals surface area (Å²) in [7, 11) is 0. The number of hydrogen-bond acceptors (Lipinski definition) is 2. The average Bonchev–Trinajstić information content (AvgIpc) is 2.34. The zero-order chi connectivity index (χ0) is 14.3. The smallest absolute Gasteiger partial charge is 0.251 e. The van der Waals surface area contributed by atoms with E-state index in [4.69, 9.17) is 0 Å². The summed E-state index contributed by atoms with van der Waals surface area (Å²) in [6.45, 7) is 6.62. The van der Waals surface area contributed by atoms with Crippen molar-refractivity contribution in [3.8, 4) is 0 Å². The molecule has 0 fully saturated rings. The second kappa shape index (κ2) is 7.72. The van der Waals surface area contributed by atoms with Crippen LogP contribution in [0.25, 0.3) is 0 Å². The molecule has 0 bridgehead atoms. The molecule has 3 heteroatoms. The van der Waals surface area contributed by atoms with Crippen molar-refractivity contribution >= 4 is 11.7 Å². The van der Waals surface area contributed by atoms with Crippen molar-refractivity contribution < 1.29 is 9.59 Å². The van der Waals surface area contributed by atoms with E-state index in [0.29, 0.717) is 37.3 Å². The first-order valence-corrected chi connectivity index (χ1v) is 6.85. The molecule has 1 aromatic carbocycles. The fourth-order valence-corrected chi connectivity index (χ4v) is 1.85. The van der Waals surface area contributed by atoms with Crippen LogP contribution in [0.15, 0.2) is 24.3 Å². The Labute approximate surface area is 115 Å². The maximum absolute atomic E-state index is 11.8. The van der Waals surface area contributed by atoms with Gasteiger partial charge >= 0.3 is 0 Å². The maximum Gasteiger partial charge on any atom is 0.251 e. The summed E-state index contributed by atoms with van der Waals surface area (Å²) in [6, 6.07) is 7.46. The van der Waals surface area contributed by atoms with Gasteiger partial charge in [0.15, 0.2) is 0 Å². The van der Waals surface area contributed by atoms with E-state index in [1.54, 1.807) is 0 Å². The number of aryl methyl sites for hydroxylation is 1. The van der Waals surface area contributed by atoms with Crippen LogP contribution >= 0.6 is 0 Å². The predicted molar refractivity (Wildman–Crippen MR) is 77.2 cm³/mol. The Kier molecular flexibility index (Phi) is 6.26. The Balaban J connectivity index is 2.24. The van der Waals surface area contributed by atoms with E-state index in [1.165, 1.54) is 0 Å². The van der Waals surface area contributed by atoms with Crippen molar-refractivity contribution in [3.05, 3.63) is 35.4 Å². The highest BCUT2D eigenvalue weighted by atomic mass is 16.1. The molecule has 1 rings (SSSR count). The number of benzene rings is 1. The lowest BCUT2D eigenvalue weighted by atomic mass is 10.0. The van der Waals surface area contributed by atoms with Gasteiger partial charge < -0.3 is 5.32 Å². The number of nitrogens with one attached hydrogen (secondary N) is 1. The first kappa shape index (κ1) is 15.4. The summed E-state index contributed by atoms with van der Waals surface area (Å²) in [5.41, 5.74) is 1.80. The third-order valence-electron chi connectivity index (χ3n) is 2.87. The number of Topliss-reactive ketones (excluding diaryl/α,β-unsaturated/α-hetero) is 1. The van der Waals surface area contributed by atoms with E-state index in [0.717, 1.165) is 5.56 Å². The second-order valence-electron chi connectivity index (χ2n) is 5.36. The minimum atomic E-state index is -0.0729. The van der Waals surface area contributed by atoms with Gasteiger partial charge in [-0.2, -0.15) is 0 Å². The third kappa shape index (κ3) is 6.18. The number of carbonyl (C=O) groups is 2. The molecular formula is C16H23NO2. The van der Waals surface area contributed by atoms with Gasteiger partial charge in [0, 0.05) is 24.9 Å². The van der Waals surface area contributed by atoms with E-state index < -0.39 is 0 Å². The van der Waals surface area contributed by atoms with Gasteiger partial charge in [-0.05, 0) is 31.4 Å². The van der Waals surface area contributed by atoms with Crippen molar-refractivity contribution in [3.63, 3.8) is 0 Å². The third-order valence-corrected chi connectivity index (χ3v) is 2.87. The summed E-state index contributed by atoms with van der Waals surface area (Å²) < 4.78 is 0. The minimum Gasteiger partial charge on any atom is -0.352 e. The molecule has 0 aliphatic carbocycles. The summed E-state index contributed by atoms with van der Waals surface area (Å²) in [4.78, 5) is 23.3. The lowest BCUT2D eigenvalue weighted by Gasteiger charge is -2.06. The van der Waals surface area contributed by atoms with Gasteiger partial charge in [-0.15, -0.1) is 0 Å². The standard InChI is InChI=1S/C16H23NO2/c1-12(2)11-15(18)5-4-10-17-16(19)14-8-6-13(3)7-9-14/h6-9,12H,4-5,10-11H2,1-3H3,(H,17,19). The van der Waals surface area contributed by atoms with Gasteiger partial charge in [0.2, 0.25) is 0 Å². The van der Waals surface area contributed by atoms with E-state index in [2.05, 4.69) is 5.32 Å². The van der Waals surface area contributed by atoms with E-state index in [9.17, 15) is 9.59 Å². The molecule has 3 nitrogen and oxygen atoms in total. The lowest BCUT2D eigenvalue weighted by molar-refractivity contribution is -0.119. The number of ketones is 1. The van der Waals surface area contributed by atoms with E-state index in [1.807, 2.05) is 45.0 Å². The van der Waals surface area contributed by atoms with Crippen molar-refractivity contribution in [2.45, 2.75) is 40.0 Å². The largest absolute Gasteiger partial charge is 0.352 e. The van der Waals surface area contributed by atoms with Crippen LogP contribution in [0.4, 0.5) is 0 Å². The normalized spacial score (nSPS) is 10.5. The van der Waals surface area contributed by atoms with Crippen molar-refractivity contribution in [1.82, 2.24) is 5.32 Å². The first-order valence-electron chi connectivity index (χ1n) is 6.85. The van der Waals surface area contributed by atoms with Gasteiger partial charge in [0.25, 0.3) is 5.91 Å². The predicted octanol–water partition coefficient (Wildman–Crippen LogP) is 3.12. The Hall–Kier alpha value is -1.64. The molecule has 0 spiro atoms. The van der Waals surface area contributed by atoms with E-state index >= 15 is 0 Å².